The second-order valence-electron chi connectivity index (χ2n) is 10.2. The average molecular weight is 563 g/mol. The van der Waals surface area contributed by atoms with Crippen LogP contribution in [0.1, 0.15) is 50.5 Å². The van der Waals surface area contributed by atoms with Crippen LogP contribution in [0.4, 0.5) is 5.13 Å². The molecular weight excluding hydrogens is 529 g/mol. The third kappa shape index (κ3) is 6.33. The maximum absolute atomic E-state index is 11.1. The number of halogens is 2. The molecule has 0 amide bonds. The van der Waals surface area contributed by atoms with Gasteiger partial charge in [0.25, 0.3) is 0 Å². The number of aliphatic carboxylic acids is 1. The van der Waals surface area contributed by atoms with E-state index in [0.29, 0.717) is 22.9 Å². The number of carboxylic acids is 1. The van der Waals surface area contributed by atoms with Gasteiger partial charge in [-0.25, -0.2) is 4.98 Å². The molecule has 0 bridgehead atoms. The lowest BCUT2D eigenvalue weighted by Gasteiger charge is -2.49. The first-order chi connectivity index (χ1) is 17.9. The molecule has 0 aliphatic carbocycles. The van der Waals surface area contributed by atoms with Crippen LogP contribution in [0, 0.1) is 0 Å². The van der Waals surface area contributed by atoms with Crippen molar-refractivity contribution >= 4 is 55.9 Å². The zero-order valence-corrected chi connectivity index (χ0v) is 23.3. The molecule has 0 radical (unpaired) electrons. The van der Waals surface area contributed by atoms with E-state index < -0.39 is 5.97 Å². The van der Waals surface area contributed by atoms with Crippen molar-refractivity contribution in [2.45, 2.75) is 56.9 Å². The predicted octanol–water partition coefficient (Wildman–Crippen LogP) is 6.91. The molecule has 0 unspecified atom stereocenters. The minimum atomic E-state index is -0.864. The number of hydrogen-bond acceptors (Lipinski definition) is 6. The van der Waals surface area contributed by atoms with Crippen molar-refractivity contribution < 1.29 is 14.6 Å². The molecule has 9 heteroatoms. The molecule has 1 aromatic heterocycles. The Bertz CT molecular complexity index is 1230. The highest BCUT2D eigenvalue weighted by molar-refractivity contribution is 7.22. The molecule has 2 aliphatic heterocycles. The zero-order chi connectivity index (χ0) is 25.8. The molecule has 0 spiro atoms. The van der Waals surface area contributed by atoms with Gasteiger partial charge in [-0.3, -0.25) is 9.69 Å². The molecule has 2 aliphatic rings. The van der Waals surface area contributed by atoms with Crippen LogP contribution >= 0.6 is 34.5 Å². The number of carbonyl (C=O) groups is 1. The Hall–Kier alpha value is -2.06. The number of likely N-dealkylation sites (tertiary alicyclic amines) is 1. The third-order valence-electron chi connectivity index (χ3n) is 7.76. The van der Waals surface area contributed by atoms with Gasteiger partial charge in [0.05, 0.1) is 28.3 Å². The average Bonchev–Trinajstić information content (AvgIpc) is 3.09. The molecule has 2 saturated heterocycles. The summed E-state index contributed by atoms with van der Waals surface area (Å²) in [6.07, 6.45) is 8.07. The number of carboxylic acid groups (broad SMARTS) is 1. The van der Waals surface area contributed by atoms with Crippen molar-refractivity contribution in [1.29, 1.82) is 0 Å². The second-order valence-corrected chi connectivity index (χ2v) is 12.0. The molecule has 37 heavy (non-hydrogen) atoms. The van der Waals surface area contributed by atoms with Crippen LogP contribution in [-0.2, 0) is 11.2 Å². The summed E-state index contributed by atoms with van der Waals surface area (Å²) in [7, 11) is 0. The molecule has 2 aromatic carbocycles. The number of benzene rings is 2. The summed E-state index contributed by atoms with van der Waals surface area (Å²) in [5.41, 5.74) is 1.77. The number of fused-ring (bicyclic) bond motifs is 1. The SMILES string of the molecule is O=C(O)Cc1ccc(Cl)c(OCCC2(N3CCCCCC3)CCN(c3nc4ccc(Cl)cc4s3)CC2)c1. The fourth-order valence-corrected chi connectivity index (χ4v) is 7.16. The van der Waals surface area contributed by atoms with Gasteiger partial charge >= 0.3 is 5.97 Å². The van der Waals surface area contributed by atoms with E-state index in [1.807, 2.05) is 18.2 Å². The minimum Gasteiger partial charge on any atom is -0.492 e. The van der Waals surface area contributed by atoms with Crippen molar-refractivity contribution in [3.63, 3.8) is 0 Å². The summed E-state index contributed by atoms with van der Waals surface area (Å²) >= 11 is 14.3. The molecule has 198 valence electrons. The minimum absolute atomic E-state index is 0.0426. The molecule has 3 aromatic rings. The number of rotatable bonds is 8. The Morgan fingerprint density at radius 3 is 2.51 bits per heavy atom. The van der Waals surface area contributed by atoms with E-state index in [-0.39, 0.29) is 12.0 Å². The number of hydrogen-bond donors (Lipinski definition) is 1. The molecule has 5 rings (SSSR count). The molecule has 0 saturated carbocycles. The standard InChI is InChI=1S/C28H33Cl2N3O3S/c29-21-6-8-23-25(19-21)37-27(31-23)32-14-9-28(10-15-32,33-12-3-1-2-4-13-33)11-16-36-24-17-20(18-26(34)35)5-7-22(24)30/h5-8,17,19H,1-4,9-16,18H2,(H,34,35). The van der Waals surface area contributed by atoms with Gasteiger partial charge in [-0.05, 0) is 81.1 Å². The van der Waals surface area contributed by atoms with Crippen LogP contribution < -0.4 is 9.64 Å². The molecular formula is C28H33Cl2N3O3S. The van der Waals surface area contributed by atoms with Gasteiger partial charge in [0.2, 0.25) is 0 Å². The maximum atomic E-state index is 11.1. The normalized spacial score (nSPS) is 18.6. The van der Waals surface area contributed by atoms with Crippen molar-refractivity contribution in [2.75, 3.05) is 37.7 Å². The van der Waals surface area contributed by atoms with Crippen LogP contribution in [0.2, 0.25) is 10.0 Å². The van der Waals surface area contributed by atoms with E-state index in [0.717, 1.165) is 65.8 Å². The lowest BCUT2D eigenvalue weighted by molar-refractivity contribution is -0.136. The first-order valence-electron chi connectivity index (χ1n) is 13.1. The fraction of sp³-hybridized carbons (Fsp3) is 0.500. The smallest absolute Gasteiger partial charge is 0.307 e. The van der Waals surface area contributed by atoms with Crippen molar-refractivity contribution in [2.24, 2.45) is 0 Å². The Morgan fingerprint density at radius 2 is 1.78 bits per heavy atom. The van der Waals surface area contributed by atoms with Crippen molar-refractivity contribution in [3.05, 3.63) is 52.0 Å². The number of anilines is 1. The maximum Gasteiger partial charge on any atom is 0.307 e. The van der Waals surface area contributed by atoms with Crippen molar-refractivity contribution in [3.8, 4) is 5.75 Å². The Kier molecular flexibility index (Phi) is 8.44. The molecule has 6 nitrogen and oxygen atoms in total. The topological polar surface area (TPSA) is 65.9 Å². The summed E-state index contributed by atoms with van der Waals surface area (Å²) in [6, 6.07) is 11.1. The van der Waals surface area contributed by atoms with E-state index in [2.05, 4.69) is 9.80 Å². The molecule has 2 fully saturated rings. The van der Waals surface area contributed by atoms with Gasteiger partial charge in [0.15, 0.2) is 5.13 Å². The van der Waals surface area contributed by atoms with Crippen molar-refractivity contribution in [1.82, 2.24) is 9.88 Å². The van der Waals surface area contributed by atoms with Crippen LogP contribution in [0.25, 0.3) is 10.2 Å². The first-order valence-corrected chi connectivity index (χ1v) is 14.7. The Labute approximate surface area is 232 Å². The lowest BCUT2D eigenvalue weighted by Crippen LogP contribution is -2.56. The first kappa shape index (κ1) is 26.5. The predicted molar refractivity (Wildman–Crippen MR) is 152 cm³/mol. The number of ether oxygens (including phenoxy) is 1. The largest absolute Gasteiger partial charge is 0.492 e. The van der Waals surface area contributed by atoms with Crippen LogP contribution in [0.3, 0.4) is 0 Å². The number of aromatic nitrogens is 1. The van der Waals surface area contributed by atoms with Crippen LogP contribution in [0.5, 0.6) is 5.75 Å². The quantitative estimate of drug-likeness (QED) is 0.322. The van der Waals surface area contributed by atoms with E-state index in [1.54, 1.807) is 29.5 Å². The highest BCUT2D eigenvalue weighted by Crippen LogP contribution is 2.38. The van der Waals surface area contributed by atoms with E-state index in [9.17, 15) is 4.79 Å². The van der Waals surface area contributed by atoms with E-state index in [4.69, 9.17) is 38.0 Å². The monoisotopic (exact) mass is 561 g/mol. The number of thiazole rings is 1. The summed E-state index contributed by atoms with van der Waals surface area (Å²) in [6.45, 7) is 4.73. The van der Waals surface area contributed by atoms with Gasteiger partial charge in [0.1, 0.15) is 5.75 Å². The number of piperidine rings is 1. The molecule has 1 N–H and O–H groups in total. The Balaban J connectivity index is 1.29. The summed E-state index contributed by atoms with van der Waals surface area (Å²) in [5.74, 6) is -0.298. The Morgan fingerprint density at radius 1 is 1.03 bits per heavy atom. The second kappa shape index (κ2) is 11.8. The van der Waals surface area contributed by atoms with Crippen LogP contribution in [-0.4, -0.2) is 59.3 Å². The van der Waals surface area contributed by atoms with Gasteiger partial charge in [0, 0.05) is 23.7 Å². The summed E-state index contributed by atoms with van der Waals surface area (Å²) in [5, 5.41) is 11.5. The van der Waals surface area contributed by atoms with Gasteiger partial charge in [-0.15, -0.1) is 0 Å². The summed E-state index contributed by atoms with van der Waals surface area (Å²) < 4.78 is 7.31. The van der Waals surface area contributed by atoms with Gasteiger partial charge in [-0.2, -0.15) is 0 Å². The lowest BCUT2D eigenvalue weighted by atomic mass is 9.82. The fourth-order valence-electron chi connectivity index (χ4n) is 5.70. The van der Waals surface area contributed by atoms with E-state index >= 15 is 0 Å². The van der Waals surface area contributed by atoms with Crippen LogP contribution in [0.15, 0.2) is 36.4 Å². The van der Waals surface area contributed by atoms with E-state index in [1.165, 1.54) is 25.7 Å². The number of nitrogens with zero attached hydrogens (tertiary/aromatic N) is 3. The zero-order valence-electron chi connectivity index (χ0n) is 20.9. The molecule has 0 atom stereocenters. The third-order valence-corrected chi connectivity index (χ3v) is 9.38. The molecule has 3 heterocycles. The summed E-state index contributed by atoms with van der Waals surface area (Å²) in [4.78, 5) is 21.2. The highest BCUT2D eigenvalue weighted by atomic mass is 35.5. The highest BCUT2D eigenvalue weighted by Gasteiger charge is 2.40. The van der Waals surface area contributed by atoms with Gasteiger partial charge in [-0.1, -0.05) is 53.4 Å². The van der Waals surface area contributed by atoms with Gasteiger partial charge < -0.3 is 14.7 Å².